The molecule has 0 aliphatic carbocycles. The van der Waals surface area contributed by atoms with E-state index in [1.165, 1.54) is 0 Å². The second-order valence-electron chi connectivity index (χ2n) is 4.56. The largest absolute Gasteiger partial charge is 0.477 e. The van der Waals surface area contributed by atoms with Crippen molar-refractivity contribution in [3.05, 3.63) is 50.3 Å². The van der Waals surface area contributed by atoms with Gasteiger partial charge >= 0.3 is 5.97 Å². The lowest BCUT2D eigenvalue weighted by Crippen LogP contribution is -2.17. The number of hydrogen-bond acceptors (Lipinski definition) is 3. The van der Waals surface area contributed by atoms with Crippen LogP contribution < -0.4 is 5.43 Å². The van der Waals surface area contributed by atoms with Gasteiger partial charge in [-0.25, -0.2) is 4.79 Å². The quantitative estimate of drug-likeness (QED) is 0.848. The van der Waals surface area contributed by atoms with Gasteiger partial charge in [-0.05, 0) is 18.6 Å². The van der Waals surface area contributed by atoms with Crippen LogP contribution in [-0.4, -0.2) is 16.1 Å². The normalized spacial score (nSPS) is 12.7. The molecule has 1 aromatic carbocycles. The van der Waals surface area contributed by atoms with Gasteiger partial charge in [-0.3, -0.25) is 4.79 Å². The van der Waals surface area contributed by atoms with Crippen molar-refractivity contribution >= 4 is 29.3 Å². The summed E-state index contributed by atoms with van der Waals surface area (Å²) in [7, 11) is 0. The van der Waals surface area contributed by atoms with Crippen molar-refractivity contribution in [2.45, 2.75) is 17.6 Å². The highest BCUT2D eigenvalue weighted by Gasteiger charge is 2.24. The number of benzene rings is 1. The summed E-state index contributed by atoms with van der Waals surface area (Å²) in [5.41, 5.74) is 2.48. The zero-order valence-electron chi connectivity index (χ0n) is 10.5. The standard InChI is InChI=1S/C14H10ClNO3S/c1-6-2-3-8(15)11-12-7(5-20-13(6)11)10(17)4-9(16-12)14(18)19/h2-4H,5H2,1H3,(H,16,17)(H,18,19). The average molecular weight is 308 g/mol. The summed E-state index contributed by atoms with van der Waals surface area (Å²) in [4.78, 5) is 27.0. The van der Waals surface area contributed by atoms with E-state index >= 15 is 0 Å². The Bertz CT molecular complexity index is 798. The van der Waals surface area contributed by atoms with E-state index in [4.69, 9.17) is 16.7 Å². The van der Waals surface area contributed by atoms with E-state index in [9.17, 15) is 9.59 Å². The number of aryl methyl sites for hydroxylation is 1. The summed E-state index contributed by atoms with van der Waals surface area (Å²) >= 11 is 7.79. The van der Waals surface area contributed by atoms with E-state index < -0.39 is 5.97 Å². The van der Waals surface area contributed by atoms with Crippen LogP contribution in [0.5, 0.6) is 0 Å². The number of halogens is 1. The van der Waals surface area contributed by atoms with Crippen LogP contribution in [0.1, 0.15) is 21.6 Å². The van der Waals surface area contributed by atoms with Crippen molar-refractivity contribution in [1.82, 2.24) is 4.98 Å². The van der Waals surface area contributed by atoms with Crippen LogP contribution in [-0.2, 0) is 5.75 Å². The maximum absolute atomic E-state index is 12.1. The van der Waals surface area contributed by atoms with Crippen molar-refractivity contribution in [2.75, 3.05) is 0 Å². The molecule has 20 heavy (non-hydrogen) atoms. The van der Waals surface area contributed by atoms with Gasteiger partial charge in [0.2, 0.25) is 0 Å². The minimum atomic E-state index is -1.16. The third-order valence-electron chi connectivity index (χ3n) is 3.28. The Morgan fingerprint density at radius 3 is 2.90 bits per heavy atom. The molecular formula is C14H10ClNO3S. The van der Waals surface area contributed by atoms with Gasteiger partial charge in [-0.2, -0.15) is 0 Å². The van der Waals surface area contributed by atoms with Crippen LogP contribution >= 0.6 is 23.4 Å². The Hall–Kier alpha value is -1.72. The van der Waals surface area contributed by atoms with E-state index in [0.717, 1.165) is 22.1 Å². The number of fused-ring (bicyclic) bond motifs is 3. The maximum atomic E-state index is 12.1. The number of hydrogen-bond donors (Lipinski definition) is 2. The highest BCUT2D eigenvalue weighted by atomic mass is 35.5. The monoisotopic (exact) mass is 307 g/mol. The number of pyridine rings is 1. The Kier molecular flexibility index (Phi) is 3.11. The van der Waals surface area contributed by atoms with Gasteiger partial charge in [-0.15, -0.1) is 11.8 Å². The number of carboxylic acids is 1. The molecule has 0 atom stereocenters. The summed E-state index contributed by atoms with van der Waals surface area (Å²) in [6.45, 7) is 1.96. The van der Waals surface area contributed by atoms with Crippen LogP contribution in [0.3, 0.4) is 0 Å². The highest BCUT2D eigenvalue weighted by Crippen LogP contribution is 2.44. The van der Waals surface area contributed by atoms with E-state index in [-0.39, 0.29) is 11.1 Å². The lowest BCUT2D eigenvalue weighted by molar-refractivity contribution is 0.0690. The number of aromatic nitrogens is 1. The van der Waals surface area contributed by atoms with Crippen LogP contribution in [0.15, 0.2) is 27.9 Å². The zero-order valence-corrected chi connectivity index (χ0v) is 12.1. The average Bonchev–Trinajstić information content (AvgIpc) is 2.42. The molecule has 2 heterocycles. The topological polar surface area (TPSA) is 70.2 Å². The van der Waals surface area contributed by atoms with Gasteiger partial charge in [0.25, 0.3) is 0 Å². The summed E-state index contributed by atoms with van der Waals surface area (Å²) in [5.74, 6) is -0.646. The number of thioether (sulfide) groups is 1. The van der Waals surface area contributed by atoms with E-state index in [2.05, 4.69) is 4.98 Å². The van der Waals surface area contributed by atoms with Crippen LogP contribution in [0, 0.1) is 6.92 Å². The molecule has 0 unspecified atom stereocenters. The predicted octanol–water partition coefficient (Wildman–Crippen LogP) is 3.31. The fourth-order valence-electron chi connectivity index (χ4n) is 2.29. The maximum Gasteiger partial charge on any atom is 0.352 e. The fourth-order valence-corrected chi connectivity index (χ4v) is 3.82. The number of carboxylic acid groups (broad SMARTS) is 1. The minimum absolute atomic E-state index is 0.121. The zero-order chi connectivity index (χ0) is 14.4. The molecular weight excluding hydrogens is 298 g/mol. The number of rotatable bonds is 1. The summed E-state index contributed by atoms with van der Waals surface area (Å²) < 4.78 is 0. The highest BCUT2D eigenvalue weighted by molar-refractivity contribution is 7.98. The molecule has 0 radical (unpaired) electrons. The van der Waals surface area contributed by atoms with Gasteiger partial charge in [0, 0.05) is 27.8 Å². The second kappa shape index (κ2) is 4.68. The van der Waals surface area contributed by atoms with Gasteiger partial charge in [-0.1, -0.05) is 17.7 Å². The summed E-state index contributed by atoms with van der Waals surface area (Å²) in [6.07, 6.45) is 0. The fraction of sp³-hybridized carbons (Fsp3) is 0.143. The van der Waals surface area contributed by atoms with E-state index in [1.54, 1.807) is 17.8 Å². The first-order chi connectivity index (χ1) is 9.49. The SMILES string of the molecule is Cc1ccc(Cl)c2c1SCc1c-2[nH]c(C(=O)O)cc1=O. The molecule has 0 saturated heterocycles. The van der Waals surface area contributed by atoms with Crippen molar-refractivity contribution in [3.8, 4) is 11.3 Å². The molecule has 0 fully saturated rings. The van der Waals surface area contributed by atoms with Gasteiger partial charge < -0.3 is 10.1 Å². The van der Waals surface area contributed by atoms with Crippen molar-refractivity contribution in [2.24, 2.45) is 0 Å². The molecule has 0 amide bonds. The van der Waals surface area contributed by atoms with Crippen LogP contribution in [0.4, 0.5) is 0 Å². The minimum Gasteiger partial charge on any atom is -0.477 e. The van der Waals surface area contributed by atoms with Crippen molar-refractivity contribution in [3.63, 3.8) is 0 Å². The first-order valence-electron chi connectivity index (χ1n) is 5.91. The molecule has 2 N–H and O–H groups in total. The number of carbonyl (C=O) groups is 1. The Labute approximate surface area is 123 Å². The molecule has 2 aromatic rings. The van der Waals surface area contributed by atoms with Gasteiger partial charge in [0.1, 0.15) is 5.69 Å². The third kappa shape index (κ3) is 1.94. The van der Waals surface area contributed by atoms with Crippen molar-refractivity contribution < 1.29 is 9.90 Å². The molecule has 6 heteroatoms. The number of nitrogens with one attached hydrogen (secondary N) is 1. The molecule has 0 saturated carbocycles. The molecule has 102 valence electrons. The van der Waals surface area contributed by atoms with Crippen LogP contribution in [0.25, 0.3) is 11.3 Å². The molecule has 0 spiro atoms. The Morgan fingerprint density at radius 2 is 2.20 bits per heavy atom. The van der Waals surface area contributed by atoms with Crippen molar-refractivity contribution in [1.29, 1.82) is 0 Å². The molecule has 0 bridgehead atoms. The first-order valence-corrected chi connectivity index (χ1v) is 7.27. The first kappa shape index (κ1) is 13.3. The Balaban J connectivity index is 2.39. The molecule has 4 nitrogen and oxygen atoms in total. The van der Waals surface area contributed by atoms with Gasteiger partial charge in [0.05, 0.1) is 10.7 Å². The Morgan fingerprint density at radius 1 is 1.45 bits per heavy atom. The van der Waals surface area contributed by atoms with Gasteiger partial charge in [0.15, 0.2) is 5.43 Å². The lowest BCUT2D eigenvalue weighted by Gasteiger charge is -2.21. The summed E-state index contributed by atoms with van der Waals surface area (Å²) in [5, 5.41) is 9.59. The summed E-state index contributed by atoms with van der Waals surface area (Å²) in [6, 6.07) is 4.80. The van der Waals surface area contributed by atoms with E-state index in [1.807, 2.05) is 13.0 Å². The molecule has 1 aromatic heterocycles. The third-order valence-corrected chi connectivity index (χ3v) is 4.84. The molecule has 3 rings (SSSR count). The number of aromatic carboxylic acids is 1. The van der Waals surface area contributed by atoms with Crippen LogP contribution in [0.2, 0.25) is 5.02 Å². The molecule has 1 aliphatic heterocycles. The number of H-pyrrole nitrogens is 1. The number of aromatic amines is 1. The lowest BCUT2D eigenvalue weighted by atomic mass is 10.0. The second-order valence-corrected chi connectivity index (χ2v) is 5.96. The smallest absolute Gasteiger partial charge is 0.352 e. The van der Waals surface area contributed by atoms with E-state index in [0.29, 0.717) is 22.0 Å². The molecule has 1 aliphatic rings. The predicted molar refractivity (Wildman–Crippen MR) is 78.8 cm³/mol.